The quantitative estimate of drug-likeness (QED) is 0.538. The second-order valence-corrected chi connectivity index (χ2v) is 8.09. The van der Waals surface area contributed by atoms with Gasteiger partial charge in [-0.2, -0.15) is 0 Å². The standard InChI is InChI=1S/C26H24N2O5/c29-25(18-8-11-22(12-9-18)33-21-6-2-1-3-7-21)19-5-4-14-28(16-19)26(30)27-20-10-13-23-24(15-20)32-17-31-23/h1-3,6-13,15,19H,4-5,14,16-17H2,(H,27,30)/t19-/m1/s1. The van der Waals surface area contributed by atoms with E-state index in [9.17, 15) is 9.59 Å². The average molecular weight is 444 g/mol. The maximum absolute atomic E-state index is 13.1. The monoisotopic (exact) mass is 444 g/mol. The minimum atomic E-state index is -0.234. The summed E-state index contributed by atoms with van der Waals surface area (Å²) in [6, 6.07) is 21.7. The third-order valence-electron chi connectivity index (χ3n) is 5.82. The van der Waals surface area contributed by atoms with Crippen molar-refractivity contribution in [3.63, 3.8) is 0 Å². The summed E-state index contributed by atoms with van der Waals surface area (Å²) >= 11 is 0. The summed E-state index contributed by atoms with van der Waals surface area (Å²) in [7, 11) is 0. The first-order chi connectivity index (χ1) is 16.2. The number of fused-ring (bicyclic) bond motifs is 1. The number of ether oxygens (including phenoxy) is 3. The maximum atomic E-state index is 13.1. The summed E-state index contributed by atoms with van der Waals surface area (Å²) < 4.78 is 16.5. The molecule has 3 aromatic rings. The lowest BCUT2D eigenvalue weighted by molar-refractivity contribution is 0.0851. The van der Waals surface area contributed by atoms with Gasteiger partial charge in [0.25, 0.3) is 0 Å². The number of nitrogens with one attached hydrogen (secondary N) is 1. The Labute approximate surface area is 191 Å². The second kappa shape index (κ2) is 9.24. The Kier molecular flexibility index (Phi) is 5.85. The summed E-state index contributed by atoms with van der Waals surface area (Å²) in [4.78, 5) is 27.6. The van der Waals surface area contributed by atoms with Gasteiger partial charge in [0.1, 0.15) is 11.5 Å². The van der Waals surface area contributed by atoms with E-state index in [2.05, 4.69) is 5.32 Å². The van der Waals surface area contributed by atoms with Crippen molar-refractivity contribution in [3.05, 3.63) is 78.4 Å². The summed E-state index contributed by atoms with van der Waals surface area (Å²) in [5.74, 6) is 2.50. The Morgan fingerprint density at radius 2 is 1.67 bits per heavy atom. The van der Waals surface area contributed by atoms with Crippen LogP contribution in [0.15, 0.2) is 72.8 Å². The molecule has 168 valence electrons. The molecule has 1 N–H and O–H groups in total. The van der Waals surface area contributed by atoms with Gasteiger partial charge in [0.05, 0.1) is 0 Å². The molecule has 3 aromatic carbocycles. The Hall–Kier alpha value is -4.00. The van der Waals surface area contributed by atoms with Crippen LogP contribution < -0.4 is 19.5 Å². The molecule has 0 saturated carbocycles. The number of urea groups is 1. The van der Waals surface area contributed by atoms with Crippen molar-refractivity contribution >= 4 is 17.5 Å². The van der Waals surface area contributed by atoms with Crippen molar-refractivity contribution in [2.75, 3.05) is 25.2 Å². The Morgan fingerprint density at radius 1 is 0.909 bits per heavy atom. The van der Waals surface area contributed by atoms with Crippen LogP contribution in [0.5, 0.6) is 23.0 Å². The Morgan fingerprint density at radius 3 is 2.48 bits per heavy atom. The molecular weight excluding hydrogens is 420 g/mol. The lowest BCUT2D eigenvalue weighted by Gasteiger charge is -2.32. The zero-order chi connectivity index (χ0) is 22.6. The number of hydrogen-bond donors (Lipinski definition) is 1. The number of hydrogen-bond acceptors (Lipinski definition) is 5. The lowest BCUT2D eigenvalue weighted by Crippen LogP contribution is -2.44. The molecule has 0 aliphatic carbocycles. The number of benzene rings is 3. The molecule has 0 aromatic heterocycles. The molecule has 2 aliphatic rings. The van der Waals surface area contributed by atoms with Gasteiger partial charge in [-0.3, -0.25) is 4.79 Å². The van der Waals surface area contributed by atoms with Crippen LogP contribution in [0.4, 0.5) is 10.5 Å². The number of carbonyl (C=O) groups is 2. The van der Waals surface area contributed by atoms with Crippen LogP contribution in [0.2, 0.25) is 0 Å². The molecule has 0 spiro atoms. The van der Waals surface area contributed by atoms with Crippen molar-refractivity contribution in [2.24, 2.45) is 5.92 Å². The van der Waals surface area contributed by atoms with Gasteiger partial charge in [-0.25, -0.2) is 4.79 Å². The number of likely N-dealkylation sites (tertiary alicyclic amines) is 1. The average Bonchev–Trinajstić information content (AvgIpc) is 3.33. The van der Waals surface area contributed by atoms with E-state index in [4.69, 9.17) is 14.2 Å². The molecule has 5 rings (SSSR count). The van der Waals surface area contributed by atoms with Crippen molar-refractivity contribution in [1.29, 1.82) is 0 Å². The third-order valence-corrected chi connectivity index (χ3v) is 5.82. The minimum absolute atomic E-state index is 0.0434. The van der Waals surface area contributed by atoms with Crippen LogP contribution in [0.1, 0.15) is 23.2 Å². The summed E-state index contributed by atoms with van der Waals surface area (Å²) in [5, 5.41) is 2.89. The predicted octanol–water partition coefficient (Wildman–Crippen LogP) is 5.33. The van der Waals surface area contributed by atoms with E-state index < -0.39 is 0 Å². The fourth-order valence-electron chi connectivity index (χ4n) is 4.10. The van der Waals surface area contributed by atoms with Gasteiger partial charge in [-0.15, -0.1) is 0 Å². The van der Waals surface area contributed by atoms with Gasteiger partial charge < -0.3 is 24.4 Å². The van der Waals surface area contributed by atoms with Gasteiger partial charge in [0.15, 0.2) is 17.3 Å². The molecule has 0 unspecified atom stereocenters. The van der Waals surface area contributed by atoms with E-state index >= 15 is 0 Å². The zero-order valence-electron chi connectivity index (χ0n) is 18.0. The van der Waals surface area contributed by atoms with Crippen molar-refractivity contribution < 1.29 is 23.8 Å². The Balaban J connectivity index is 1.20. The van der Waals surface area contributed by atoms with Crippen LogP contribution in [0.3, 0.4) is 0 Å². The molecule has 2 amide bonds. The molecule has 2 heterocycles. The molecule has 1 fully saturated rings. The molecule has 7 nitrogen and oxygen atoms in total. The van der Waals surface area contributed by atoms with Crippen molar-refractivity contribution in [2.45, 2.75) is 12.8 Å². The molecule has 33 heavy (non-hydrogen) atoms. The van der Waals surface area contributed by atoms with Crippen LogP contribution in [-0.2, 0) is 0 Å². The highest BCUT2D eigenvalue weighted by atomic mass is 16.7. The van der Waals surface area contributed by atoms with Gasteiger partial charge in [-0.1, -0.05) is 18.2 Å². The summed E-state index contributed by atoms with van der Waals surface area (Å²) in [6.45, 7) is 1.18. The molecule has 1 atom stereocenters. The van der Waals surface area contributed by atoms with Gasteiger partial charge in [0.2, 0.25) is 6.79 Å². The maximum Gasteiger partial charge on any atom is 0.321 e. The van der Waals surface area contributed by atoms with Crippen LogP contribution in [0.25, 0.3) is 0 Å². The number of Topliss-reactive ketones (excluding diaryl/α,β-unsaturated/α-hetero) is 1. The number of nitrogens with zero attached hydrogens (tertiary/aromatic N) is 1. The number of rotatable bonds is 5. The fourth-order valence-corrected chi connectivity index (χ4v) is 4.10. The minimum Gasteiger partial charge on any atom is -0.457 e. The number of para-hydroxylation sites is 1. The summed E-state index contributed by atoms with van der Waals surface area (Å²) in [6.07, 6.45) is 1.54. The molecule has 0 bridgehead atoms. The van der Waals surface area contributed by atoms with E-state index in [1.165, 1.54) is 0 Å². The highest BCUT2D eigenvalue weighted by Gasteiger charge is 2.29. The van der Waals surface area contributed by atoms with E-state index in [1.54, 1.807) is 47.4 Å². The van der Waals surface area contributed by atoms with Gasteiger partial charge in [0, 0.05) is 36.3 Å². The lowest BCUT2D eigenvalue weighted by atomic mass is 9.90. The van der Waals surface area contributed by atoms with E-state index in [0.717, 1.165) is 18.6 Å². The fraction of sp³-hybridized carbons (Fsp3) is 0.231. The van der Waals surface area contributed by atoms with Crippen LogP contribution >= 0.6 is 0 Å². The Bertz CT molecular complexity index is 1150. The first-order valence-electron chi connectivity index (χ1n) is 11.0. The highest BCUT2D eigenvalue weighted by molar-refractivity contribution is 5.98. The smallest absolute Gasteiger partial charge is 0.321 e. The number of amides is 2. The second-order valence-electron chi connectivity index (χ2n) is 8.09. The molecule has 0 radical (unpaired) electrons. The predicted molar refractivity (Wildman–Crippen MR) is 123 cm³/mol. The van der Waals surface area contributed by atoms with Crippen LogP contribution in [0, 0.1) is 5.92 Å². The molecule has 1 saturated heterocycles. The highest BCUT2D eigenvalue weighted by Crippen LogP contribution is 2.34. The largest absolute Gasteiger partial charge is 0.457 e. The number of carbonyl (C=O) groups excluding carboxylic acids is 2. The van der Waals surface area contributed by atoms with Crippen molar-refractivity contribution in [1.82, 2.24) is 4.90 Å². The van der Waals surface area contributed by atoms with Crippen molar-refractivity contribution in [3.8, 4) is 23.0 Å². The molecule has 2 aliphatic heterocycles. The first kappa shape index (κ1) is 20.9. The molecular formula is C26H24N2O5. The third kappa shape index (κ3) is 4.77. The van der Waals surface area contributed by atoms with E-state index in [0.29, 0.717) is 41.6 Å². The van der Waals surface area contributed by atoms with E-state index in [-0.39, 0.29) is 24.5 Å². The SMILES string of the molecule is O=C(c1ccc(Oc2ccccc2)cc1)[C@@H]1CCCN(C(=O)Nc2ccc3c(c2)OCO3)C1. The van der Waals surface area contributed by atoms with Gasteiger partial charge in [-0.05, 0) is 61.4 Å². The zero-order valence-corrected chi connectivity index (χ0v) is 18.0. The number of anilines is 1. The van der Waals surface area contributed by atoms with Crippen LogP contribution in [-0.4, -0.2) is 36.6 Å². The number of piperidine rings is 1. The summed E-state index contributed by atoms with van der Waals surface area (Å²) in [5.41, 5.74) is 1.25. The first-order valence-corrected chi connectivity index (χ1v) is 11.0. The number of ketones is 1. The normalized spacial score (nSPS) is 16.8. The van der Waals surface area contributed by atoms with Gasteiger partial charge >= 0.3 is 6.03 Å². The molecule has 7 heteroatoms. The topological polar surface area (TPSA) is 77.1 Å². The van der Waals surface area contributed by atoms with E-state index in [1.807, 2.05) is 30.3 Å².